The topological polar surface area (TPSA) is 95.7 Å². The van der Waals surface area contributed by atoms with E-state index in [1.54, 1.807) is 0 Å². The number of nitrogens with zero attached hydrogens (tertiary/aromatic N) is 2. The lowest BCUT2D eigenvalue weighted by Gasteiger charge is -2.34. The second kappa shape index (κ2) is 6.98. The number of ether oxygens (including phenoxy) is 1. The van der Waals surface area contributed by atoms with Crippen LogP contribution in [0.25, 0.3) is 11.3 Å². The molecule has 0 spiro atoms. The van der Waals surface area contributed by atoms with Gasteiger partial charge in [0, 0.05) is 23.6 Å². The number of hydrogen-bond donors (Lipinski definition) is 3. The minimum Gasteiger partial charge on any atom is -0.475 e. The van der Waals surface area contributed by atoms with Crippen LogP contribution in [0.2, 0.25) is 0 Å². The summed E-state index contributed by atoms with van der Waals surface area (Å²) in [5, 5.41) is 29.0. The van der Waals surface area contributed by atoms with Gasteiger partial charge in [0.1, 0.15) is 23.7 Å². The van der Waals surface area contributed by atoms with Crippen LogP contribution in [0, 0.1) is 11.8 Å². The molecular weight excluding hydrogens is 342 g/mol. The minimum atomic E-state index is -1.33. The SMILES string of the molecule is O[C@@H]1[C@@H](O)[C@H](Oc2cnc(-c3ccc(F)nc3)c(F)c2)SC[C@H]1O. The zero-order chi connectivity index (χ0) is 17.3. The van der Waals surface area contributed by atoms with E-state index in [0.29, 0.717) is 5.56 Å². The van der Waals surface area contributed by atoms with E-state index in [0.717, 1.165) is 23.9 Å². The van der Waals surface area contributed by atoms with E-state index in [9.17, 15) is 24.1 Å². The summed E-state index contributed by atoms with van der Waals surface area (Å²) in [5.74, 6) is -1.13. The zero-order valence-electron chi connectivity index (χ0n) is 12.2. The molecule has 2 aromatic rings. The summed E-state index contributed by atoms with van der Waals surface area (Å²) in [6, 6.07) is 3.53. The molecule has 0 aliphatic carbocycles. The van der Waals surface area contributed by atoms with Gasteiger partial charge in [0.15, 0.2) is 11.3 Å². The second-order valence-electron chi connectivity index (χ2n) is 5.24. The van der Waals surface area contributed by atoms with Gasteiger partial charge in [-0.3, -0.25) is 0 Å². The van der Waals surface area contributed by atoms with Gasteiger partial charge in [0.25, 0.3) is 0 Å². The molecule has 0 unspecified atom stereocenters. The van der Waals surface area contributed by atoms with Crippen molar-refractivity contribution in [3.05, 3.63) is 42.4 Å². The number of rotatable bonds is 3. The monoisotopic (exact) mass is 356 g/mol. The molecular formula is C15H14F2N2O4S. The molecule has 6 nitrogen and oxygen atoms in total. The first kappa shape index (κ1) is 17.0. The van der Waals surface area contributed by atoms with E-state index in [2.05, 4.69) is 9.97 Å². The third-order valence-corrected chi connectivity index (χ3v) is 4.76. The Kier molecular flexibility index (Phi) is 4.95. The van der Waals surface area contributed by atoms with Crippen molar-refractivity contribution in [3.8, 4) is 17.0 Å². The molecule has 3 heterocycles. The van der Waals surface area contributed by atoms with Gasteiger partial charge in [-0.05, 0) is 12.1 Å². The van der Waals surface area contributed by atoms with Crippen LogP contribution >= 0.6 is 11.8 Å². The Morgan fingerprint density at radius 1 is 1.08 bits per heavy atom. The summed E-state index contributed by atoms with van der Waals surface area (Å²) in [7, 11) is 0. The second-order valence-corrected chi connectivity index (χ2v) is 6.37. The van der Waals surface area contributed by atoms with Gasteiger partial charge in [-0.1, -0.05) is 0 Å². The van der Waals surface area contributed by atoms with Crippen molar-refractivity contribution in [3.63, 3.8) is 0 Å². The van der Waals surface area contributed by atoms with Gasteiger partial charge >= 0.3 is 0 Å². The summed E-state index contributed by atoms with van der Waals surface area (Å²) in [6.45, 7) is 0. The van der Waals surface area contributed by atoms with Crippen LogP contribution in [0.5, 0.6) is 5.75 Å². The molecule has 0 bridgehead atoms. The van der Waals surface area contributed by atoms with Gasteiger partial charge in [-0.2, -0.15) is 4.39 Å². The molecule has 0 amide bonds. The highest BCUT2D eigenvalue weighted by molar-refractivity contribution is 7.99. The van der Waals surface area contributed by atoms with Gasteiger partial charge in [-0.15, -0.1) is 11.8 Å². The Morgan fingerprint density at radius 3 is 2.54 bits per heavy atom. The molecule has 0 saturated carbocycles. The average Bonchev–Trinajstić information content (AvgIpc) is 2.57. The predicted octanol–water partition coefficient (Wildman–Crippen LogP) is 0.956. The fraction of sp³-hybridized carbons (Fsp3) is 0.333. The van der Waals surface area contributed by atoms with Gasteiger partial charge in [0.05, 0.1) is 12.3 Å². The minimum absolute atomic E-state index is 0.0119. The Hall–Kier alpha value is -1.81. The molecule has 3 rings (SSSR count). The molecule has 4 atom stereocenters. The zero-order valence-corrected chi connectivity index (χ0v) is 13.0. The molecule has 128 valence electrons. The van der Waals surface area contributed by atoms with Crippen LogP contribution in [0.3, 0.4) is 0 Å². The Morgan fingerprint density at radius 2 is 1.88 bits per heavy atom. The van der Waals surface area contributed by atoms with Gasteiger partial charge in [0.2, 0.25) is 5.95 Å². The number of pyridine rings is 2. The molecule has 1 fully saturated rings. The van der Waals surface area contributed by atoms with Crippen molar-refractivity contribution in [1.82, 2.24) is 9.97 Å². The third-order valence-electron chi connectivity index (χ3n) is 3.52. The molecule has 9 heteroatoms. The van der Waals surface area contributed by atoms with Crippen LogP contribution in [0.15, 0.2) is 30.6 Å². The number of thioether (sulfide) groups is 1. The average molecular weight is 356 g/mol. The van der Waals surface area contributed by atoms with E-state index in [1.165, 1.54) is 18.5 Å². The van der Waals surface area contributed by atoms with Crippen LogP contribution in [0.4, 0.5) is 8.78 Å². The number of aromatic nitrogens is 2. The maximum Gasteiger partial charge on any atom is 0.212 e. The fourth-order valence-corrected chi connectivity index (χ4v) is 3.35. The van der Waals surface area contributed by atoms with E-state index in [1.807, 2.05) is 0 Å². The molecule has 3 N–H and O–H groups in total. The summed E-state index contributed by atoms with van der Waals surface area (Å²) < 4.78 is 32.5. The highest BCUT2D eigenvalue weighted by Crippen LogP contribution is 2.30. The maximum absolute atomic E-state index is 14.2. The van der Waals surface area contributed by atoms with Crippen LogP contribution in [-0.4, -0.2) is 54.8 Å². The number of aliphatic hydroxyl groups excluding tert-OH is 3. The Bertz CT molecular complexity index is 719. The summed E-state index contributed by atoms with van der Waals surface area (Å²) in [4.78, 5) is 7.38. The lowest BCUT2D eigenvalue weighted by molar-refractivity contribution is -0.0786. The number of hydrogen-bond acceptors (Lipinski definition) is 7. The molecule has 1 aliphatic heterocycles. The van der Waals surface area contributed by atoms with Crippen LogP contribution in [-0.2, 0) is 0 Å². The first-order chi connectivity index (χ1) is 11.5. The first-order valence-electron chi connectivity index (χ1n) is 7.05. The lowest BCUT2D eigenvalue weighted by atomic mass is 10.1. The normalized spacial score (nSPS) is 27.0. The summed E-state index contributed by atoms with van der Waals surface area (Å²) in [6.07, 6.45) is -1.28. The van der Waals surface area contributed by atoms with Crippen molar-refractivity contribution < 1.29 is 28.8 Å². The van der Waals surface area contributed by atoms with E-state index in [4.69, 9.17) is 4.74 Å². The van der Waals surface area contributed by atoms with Crippen LogP contribution in [0.1, 0.15) is 0 Å². The highest BCUT2D eigenvalue weighted by Gasteiger charge is 2.38. The van der Waals surface area contributed by atoms with E-state index < -0.39 is 35.5 Å². The van der Waals surface area contributed by atoms with Gasteiger partial charge < -0.3 is 20.1 Å². The van der Waals surface area contributed by atoms with Crippen molar-refractivity contribution in [2.45, 2.75) is 23.7 Å². The van der Waals surface area contributed by atoms with Crippen molar-refractivity contribution in [2.75, 3.05) is 5.75 Å². The highest BCUT2D eigenvalue weighted by atomic mass is 32.2. The summed E-state index contributed by atoms with van der Waals surface area (Å²) in [5.41, 5.74) is -0.559. The first-order valence-corrected chi connectivity index (χ1v) is 8.10. The third kappa shape index (κ3) is 3.48. The molecule has 1 saturated heterocycles. The smallest absolute Gasteiger partial charge is 0.212 e. The molecule has 0 aromatic carbocycles. The van der Waals surface area contributed by atoms with E-state index >= 15 is 0 Å². The van der Waals surface area contributed by atoms with Gasteiger partial charge in [-0.25, -0.2) is 14.4 Å². The lowest BCUT2D eigenvalue weighted by Crippen LogP contribution is -2.50. The van der Waals surface area contributed by atoms with Crippen molar-refractivity contribution >= 4 is 11.8 Å². The maximum atomic E-state index is 14.2. The van der Waals surface area contributed by atoms with Crippen LogP contribution < -0.4 is 4.74 Å². The number of aliphatic hydroxyl groups is 3. The number of halogens is 2. The Balaban J connectivity index is 1.76. The summed E-state index contributed by atoms with van der Waals surface area (Å²) >= 11 is 1.10. The quantitative estimate of drug-likeness (QED) is 0.705. The largest absolute Gasteiger partial charge is 0.475 e. The molecule has 1 aliphatic rings. The van der Waals surface area contributed by atoms with Crippen molar-refractivity contribution in [1.29, 1.82) is 0 Å². The predicted molar refractivity (Wildman–Crippen MR) is 82.3 cm³/mol. The molecule has 24 heavy (non-hydrogen) atoms. The van der Waals surface area contributed by atoms with Crippen molar-refractivity contribution in [2.24, 2.45) is 0 Å². The standard InChI is InChI=1S/C15H14F2N2O4S/c16-9-3-8(23-15-14(22)13(21)10(20)6-24-15)5-19-12(9)7-1-2-11(17)18-4-7/h1-5,10,13-15,20-22H,6H2/t10-,13+,14-,15-/m1/s1. The molecule has 2 aromatic heterocycles. The Labute approximate surface area is 140 Å². The van der Waals surface area contributed by atoms with E-state index in [-0.39, 0.29) is 17.2 Å². The fourth-order valence-electron chi connectivity index (χ4n) is 2.23. The molecule has 0 radical (unpaired) electrons.